The summed E-state index contributed by atoms with van der Waals surface area (Å²) in [6, 6.07) is 7.15. The van der Waals surface area contributed by atoms with Crippen molar-refractivity contribution in [3.63, 3.8) is 0 Å². The van der Waals surface area contributed by atoms with Crippen molar-refractivity contribution in [1.82, 2.24) is 10.3 Å². The van der Waals surface area contributed by atoms with E-state index in [-0.39, 0.29) is 0 Å². The summed E-state index contributed by atoms with van der Waals surface area (Å²) in [6.45, 7) is 5.05. The van der Waals surface area contributed by atoms with Crippen LogP contribution in [0.5, 0.6) is 0 Å². The molecule has 1 aromatic heterocycles. The zero-order chi connectivity index (χ0) is 14.1. The van der Waals surface area contributed by atoms with Crippen LogP contribution in [0.1, 0.15) is 42.4 Å². The highest BCUT2D eigenvalue weighted by atomic mass is 35.5. The Morgan fingerprint density at radius 1 is 1.20 bits per heavy atom. The van der Waals surface area contributed by atoms with Crippen LogP contribution in [0.4, 0.5) is 0 Å². The van der Waals surface area contributed by atoms with Crippen molar-refractivity contribution >= 4 is 22.5 Å². The van der Waals surface area contributed by atoms with Gasteiger partial charge in [-0.2, -0.15) is 0 Å². The molecule has 1 aromatic carbocycles. The molecule has 0 spiro atoms. The van der Waals surface area contributed by atoms with Gasteiger partial charge in [-0.15, -0.1) is 0 Å². The summed E-state index contributed by atoms with van der Waals surface area (Å²) in [6.07, 6.45) is 5.27. The molecule has 0 atom stereocenters. The Kier molecular flexibility index (Phi) is 3.95. The fourth-order valence-corrected chi connectivity index (χ4v) is 3.37. The summed E-state index contributed by atoms with van der Waals surface area (Å²) in [5.74, 6) is 0. The topological polar surface area (TPSA) is 24.9 Å². The second-order valence-corrected chi connectivity index (χ2v) is 6.31. The summed E-state index contributed by atoms with van der Waals surface area (Å²) in [7, 11) is 0. The van der Waals surface area contributed by atoms with Crippen LogP contribution in [0, 0.1) is 13.8 Å². The van der Waals surface area contributed by atoms with Crippen molar-refractivity contribution < 1.29 is 0 Å². The third-order valence-corrected chi connectivity index (χ3v) is 4.58. The van der Waals surface area contributed by atoms with Crippen molar-refractivity contribution in [2.45, 2.75) is 52.1 Å². The summed E-state index contributed by atoms with van der Waals surface area (Å²) in [5.41, 5.74) is 4.61. The maximum Gasteiger partial charge on any atom is 0.134 e. The van der Waals surface area contributed by atoms with E-state index in [0.717, 1.165) is 17.6 Å². The molecule has 106 valence electrons. The van der Waals surface area contributed by atoms with Crippen LogP contribution >= 0.6 is 11.6 Å². The number of benzene rings is 1. The number of nitrogens with one attached hydrogen (secondary N) is 1. The van der Waals surface area contributed by atoms with Crippen molar-refractivity contribution in [3.05, 3.63) is 40.0 Å². The van der Waals surface area contributed by atoms with Gasteiger partial charge in [-0.25, -0.2) is 4.98 Å². The SMILES string of the molecule is Cc1cc(C)c2cc(CNC3CCCC3)c(Cl)nc2c1. The van der Waals surface area contributed by atoms with E-state index in [0.29, 0.717) is 11.2 Å². The minimum atomic E-state index is 0.632. The van der Waals surface area contributed by atoms with Gasteiger partial charge in [-0.3, -0.25) is 0 Å². The standard InChI is InChI=1S/C17H21ClN2/c1-11-7-12(2)15-9-13(17(18)20-16(15)8-11)10-19-14-5-3-4-6-14/h7-9,14,19H,3-6,10H2,1-2H3. The van der Waals surface area contributed by atoms with E-state index in [1.54, 1.807) is 0 Å². The number of hydrogen-bond acceptors (Lipinski definition) is 2. The molecular formula is C17H21ClN2. The van der Waals surface area contributed by atoms with Crippen molar-refractivity contribution in [3.8, 4) is 0 Å². The van der Waals surface area contributed by atoms with E-state index in [9.17, 15) is 0 Å². The van der Waals surface area contributed by atoms with Gasteiger partial charge in [-0.1, -0.05) is 30.5 Å². The predicted molar refractivity (Wildman–Crippen MR) is 85.3 cm³/mol. The molecule has 2 nitrogen and oxygen atoms in total. The minimum absolute atomic E-state index is 0.632. The molecule has 0 unspecified atom stereocenters. The Morgan fingerprint density at radius 2 is 1.95 bits per heavy atom. The Balaban J connectivity index is 1.88. The first-order valence-corrected chi connectivity index (χ1v) is 7.81. The van der Waals surface area contributed by atoms with Gasteiger partial charge in [0.05, 0.1) is 5.52 Å². The Hall–Kier alpha value is -1.12. The average Bonchev–Trinajstić information content (AvgIpc) is 2.89. The lowest BCUT2D eigenvalue weighted by Gasteiger charge is -2.14. The highest BCUT2D eigenvalue weighted by molar-refractivity contribution is 6.30. The van der Waals surface area contributed by atoms with Crippen LogP contribution in [-0.2, 0) is 6.54 Å². The van der Waals surface area contributed by atoms with Crippen molar-refractivity contribution in [2.75, 3.05) is 0 Å². The first kappa shape index (κ1) is 13.8. The Labute approximate surface area is 125 Å². The van der Waals surface area contributed by atoms with E-state index in [1.807, 2.05) is 0 Å². The second kappa shape index (κ2) is 5.71. The van der Waals surface area contributed by atoms with Gasteiger partial charge in [0.1, 0.15) is 5.15 Å². The van der Waals surface area contributed by atoms with Crippen molar-refractivity contribution in [1.29, 1.82) is 0 Å². The fourth-order valence-electron chi connectivity index (χ4n) is 3.16. The highest BCUT2D eigenvalue weighted by Gasteiger charge is 2.15. The van der Waals surface area contributed by atoms with Gasteiger partial charge in [0, 0.05) is 23.5 Å². The molecule has 0 aliphatic heterocycles. The van der Waals surface area contributed by atoms with Crippen LogP contribution in [0.25, 0.3) is 10.9 Å². The van der Waals surface area contributed by atoms with Crippen LogP contribution in [0.3, 0.4) is 0 Å². The van der Waals surface area contributed by atoms with E-state index in [4.69, 9.17) is 11.6 Å². The molecule has 1 N–H and O–H groups in total. The molecule has 2 aromatic rings. The first-order chi connectivity index (χ1) is 9.63. The normalized spacial score (nSPS) is 16.1. The lowest BCUT2D eigenvalue weighted by atomic mass is 10.0. The number of halogens is 1. The van der Waals surface area contributed by atoms with E-state index >= 15 is 0 Å². The second-order valence-electron chi connectivity index (χ2n) is 5.95. The molecule has 0 radical (unpaired) electrons. The average molecular weight is 289 g/mol. The predicted octanol–water partition coefficient (Wildman–Crippen LogP) is 4.54. The van der Waals surface area contributed by atoms with Gasteiger partial charge in [0.25, 0.3) is 0 Å². The molecule has 1 heterocycles. The smallest absolute Gasteiger partial charge is 0.134 e. The number of fused-ring (bicyclic) bond motifs is 1. The number of nitrogens with zero attached hydrogens (tertiary/aromatic N) is 1. The van der Waals surface area contributed by atoms with Crippen LogP contribution in [-0.4, -0.2) is 11.0 Å². The molecule has 3 rings (SSSR count). The highest BCUT2D eigenvalue weighted by Crippen LogP contribution is 2.25. The summed E-state index contributed by atoms with van der Waals surface area (Å²) < 4.78 is 0. The number of pyridine rings is 1. The molecule has 1 fully saturated rings. The molecule has 3 heteroatoms. The monoisotopic (exact) mass is 288 g/mol. The maximum absolute atomic E-state index is 6.34. The molecule has 0 amide bonds. The Morgan fingerprint density at radius 3 is 2.70 bits per heavy atom. The largest absolute Gasteiger partial charge is 0.310 e. The molecule has 20 heavy (non-hydrogen) atoms. The summed E-state index contributed by atoms with van der Waals surface area (Å²) >= 11 is 6.34. The Bertz CT molecular complexity index is 630. The summed E-state index contributed by atoms with van der Waals surface area (Å²) in [5, 5.41) is 5.45. The first-order valence-electron chi connectivity index (χ1n) is 7.43. The quantitative estimate of drug-likeness (QED) is 0.839. The lowest BCUT2D eigenvalue weighted by molar-refractivity contribution is 0.524. The maximum atomic E-state index is 6.34. The van der Waals surface area contributed by atoms with Crippen molar-refractivity contribution in [2.24, 2.45) is 0 Å². The van der Waals surface area contributed by atoms with Crippen LogP contribution in [0.15, 0.2) is 18.2 Å². The van der Waals surface area contributed by atoms with Gasteiger partial charge >= 0.3 is 0 Å². The van der Waals surface area contributed by atoms with Gasteiger partial charge < -0.3 is 5.32 Å². The third-order valence-electron chi connectivity index (χ3n) is 4.25. The zero-order valence-corrected chi connectivity index (χ0v) is 12.9. The fraction of sp³-hybridized carbons (Fsp3) is 0.471. The number of aryl methyl sites for hydroxylation is 2. The zero-order valence-electron chi connectivity index (χ0n) is 12.2. The molecular weight excluding hydrogens is 268 g/mol. The van der Waals surface area contributed by atoms with Gasteiger partial charge in [0.2, 0.25) is 0 Å². The number of aromatic nitrogens is 1. The van der Waals surface area contributed by atoms with Gasteiger partial charge in [-0.05, 0) is 49.9 Å². The molecule has 1 aliphatic rings. The minimum Gasteiger partial charge on any atom is -0.310 e. The molecule has 1 aliphatic carbocycles. The molecule has 1 saturated carbocycles. The van der Waals surface area contributed by atoms with E-state index in [2.05, 4.69) is 42.3 Å². The third kappa shape index (κ3) is 2.82. The molecule has 0 bridgehead atoms. The van der Waals surface area contributed by atoms with E-state index < -0.39 is 0 Å². The van der Waals surface area contributed by atoms with Crippen LogP contribution < -0.4 is 5.32 Å². The van der Waals surface area contributed by atoms with E-state index in [1.165, 1.54) is 42.2 Å². The van der Waals surface area contributed by atoms with Gasteiger partial charge in [0.15, 0.2) is 0 Å². The van der Waals surface area contributed by atoms with Crippen LogP contribution in [0.2, 0.25) is 5.15 Å². The number of rotatable bonds is 3. The lowest BCUT2D eigenvalue weighted by Crippen LogP contribution is -2.25. The molecule has 0 saturated heterocycles. The summed E-state index contributed by atoms with van der Waals surface area (Å²) in [4.78, 5) is 4.57. The number of hydrogen-bond donors (Lipinski definition) is 1.